The Morgan fingerprint density at radius 1 is 1.17 bits per heavy atom. The van der Waals surface area contributed by atoms with Crippen LogP contribution < -0.4 is 4.90 Å². The van der Waals surface area contributed by atoms with Crippen molar-refractivity contribution in [1.82, 2.24) is 19.9 Å². The number of rotatable bonds is 6. The van der Waals surface area contributed by atoms with E-state index in [2.05, 4.69) is 38.0 Å². The highest BCUT2D eigenvalue weighted by Crippen LogP contribution is 2.49. The molecule has 1 saturated carbocycles. The smallest absolute Gasteiger partial charge is 0.226 e. The number of nitriles is 2. The Hall–Kier alpha value is -4.22. The molecule has 8 rings (SSSR count). The molecule has 12 heteroatoms. The lowest BCUT2D eigenvalue weighted by atomic mass is 9.93. The molecule has 2 aromatic carbocycles. The Morgan fingerprint density at radius 3 is 2.74 bits per heavy atom. The molecule has 5 heterocycles. The van der Waals surface area contributed by atoms with Gasteiger partial charge >= 0.3 is 0 Å². The predicted octanol–water partition coefficient (Wildman–Crippen LogP) is 8.11. The lowest BCUT2D eigenvalue weighted by Gasteiger charge is -2.32. The van der Waals surface area contributed by atoms with Crippen LogP contribution in [0.1, 0.15) is 54.4 Å². The van der Waals surface area contributed by atoms with Gasteiger partial charge in [0.15, 0.2) is 16.6 Å². The number of benzene rings is 2. The van der Waals surface area contributed by atoms with E-state index in [9.17, 15) is 15.3 Å². The number of likely N-dealkylation sites (tertiary alicyclic amines) is 1. The number of aryl methyl sites for hydroxylation is 2. The third-order valence-electron chi connectivity index (χ3n) is 9.80. The van der Waals surface area contributed by atoms with Gasteiger partial charge in [-0.1, -0.05) is 35.3 Å². The van der Waals surface area contributed by atoms with E-state index in [0.29, 0.717) is 58.0 Å². The van der Waals surface area contributed by atoms with E-state index in [1.54, 1.807) is 23.6 Å². The van der Waals surface area contributed by atoms with E-state index >= 15 is 4.39 Å². The third kappa shape index (κ3) is 4.93. The Kier molecular flexibility index (Phi) is 7.36. The van der Waals surface area contributed by atoms with Crippen molar-refractivity contribution >= 4 is 67.4 Å². The SMILES string of the molecule is Cc1nc2c(F)c(-c3cccc(Cl)c3Cl)c(CCC#N)cc2c2[nH]c(C3C4CC(CN(c5nc(C#N)cs5)C4)N3C(=O)C3CC3)cc12. The maximum atomic E-state index is 16.7. The highest BCUT2D eigenvalue weighted by atomic mass is 35.5. The first-order chi connectivity index (χ1) is 22.8. The number of H-pyrrole nitrogens is 1. The summed E-state index contributed by atoms with van der Waals surface area (Å²) < 4.78 is 16.7. The second-order valence-corrected chi connectivity index (χ2v) is 14.4. The standard InChI is InChI=1S/C35H28Cl2FN7OS/c1-17-24-12-27(33-20-10-22(45(33)34(46)18-7-8-18)15-44(14-20)35-42-21(13-40)16-47-35)43-31(24)25-11-19(4-3-9-39)28(30(38)32(25)41-17)23-5-2-6-26(36)29(23)37/h2,5-6,11-12,16,18,20,22,33,43H,3-4,7-8,10,14-15H2,1H3. The maximum absolute atomic E-state index is 16.7. The van der Waals surface area contributed by atoms with Gasteiger partial charge in [-0.3, -0.25) is 4.79 Å². The van der Waals surface area contributed by atoms with Crippen molar-refractivity contribution in [2.75, 3.05) is 18.0 Å². The molecular weight excluding hydrogens is 656 g/mol. The normalized spacial score (nSPS) is 20.6. The van der Waals surface area contributed by atoms with Crippen LogP contribution >= 0.6 is 34.5 Å². The van der Waals surface area contributed by atoms with Crippen molar-refractivity contribution in [1.29, 1.82) is 10.5 Å². The van der Waals surface area contributed by atoms with Gasteiger partial charge in [-0.05, 0) is 56.4 Å². The number of pyridine rings is 1. The number of anilines is 1. The van der Waals surface area contributed by atoms with Crippen molar-refractivity contribution in [3.8, 4) is 23.3 Å². The molecule has 0 spiro atoms. The number of hydrogen-bond donors (Lipinski definition) is 1. The molecule has 3 fully saturated rings. The fraction of sp³-hybridized carbons (Fsp3) is 0.343. The summed E-state index contributed by atoms with van der Waals surface area (Å²) in [4.78, 5) is 31.1. The minimum atomic E-state index is -0.515. The van der Waals surface area contributed by atoms with Gasteiger partial charge in [-0.2, -0.15) is 10.5 Å². The lowest BCUT2D eigenvalue weighted by Crippen LogP contribution is -2.44. The average molecular weight is 685 g/mol. The highest BCUT2D eigenvalue weighted by molar-refractivity contribution is 7.13. The largest absolute Gasteiger partial charge is 0.356 e. The molecule has 47 heavy (non-hydrogen) atoms. The van der Waals surface area contributed by atoms with Crippen molar-refractivity contribution in [3.05, 3.63) is 74.2 Å². The molecule has 3 atom stereocenters. The van der Waals surface area contributed by atoms with Crippen molar-refractivity contribution in [3.63, 3.8) is 0 Å². The van der Waals surface area contributed by atoms with Crippen LogP contribution in [-0.4, -0.2) is 44.9 Å². The van der Waals surface area contributed by atoms with Gasteiger partial charge < -0.3 is 14.8 Å². The Labute approximate surface area is 284 Å². The molecule has 8 nitrogen and oxygen atoms in total. The monoisotopic (exact) mass is 683 g/mol. The summed E-state index contributed by atoms with van der Waals surface area (Å²) in [5, 5.41) is 23.4. The molecule has 1 N–H and O–H groups in total. The van der Waals surface area contributed by atoms with Crippen molar-refractivity contribution in [2.24, 2.45) is 11.8 Å². The Balaban J connectivity index is 1.27. The number of carbonyl (C=O) groups excluding carboxylic acids is 1. The summed E-state index contributed by atoms with van der Waals surface area (Å²) in [6, 6.07) is 13.2. The Morgan fingerprint density at radius 2 is 2.00 bits per heavy atom. The van der Waals surface area contributed by atoms with Crippen LogP contribution in [0.2, 0.25) is 10.0 Å². The zero-order valence-corrected chi connectivity index (χ0v) is 27.7. The first-order valence-electron chi connectivity index (χ1n) is 15.7. The summed E-state index contributed by atoms with van der Waals surface area (Å²) in [6.07, 6.45) is 3.21. The molecule has 3 unspecified atom stereocenters. The van der Waals surface area contributed by atoms with Gasteiger partial charge in [0.05, 0.1) is 33.7 Å². The highest BCUT2D eigenvalue weighted by Gasteiger charge is 2.52. The van der Waals surface area contributed by atoms with E-state index < -0.39 is 5.82 Å². The molecular formula is C35H28Cl2FN7OS. The van der Waals surface area contributed by atoms with Crippen LogP contribution in [-0.2, 0) is 11.2 Å². The van der Waals surface area contributed by atoms with E-state index in [1.165, 1.54) is 11.3 Å². The minimum Gasteiger partial charge on any atom is -0.356 e. The second-order valence-electron chi connectivity index (χ2n) is 12.7. The van der Waals surface area contributed by atoms with Gasteiger partial charge in [0.1, 0.15) is 11.6 Å². The van der Waals surface area contributed by atoms with E-state index in [4.69, 9.17) is 28.2 Å². The number of aromatic amines is 1. The molecule has 2 saturated heterocycles. The molecule has 3 aromatic heterocycles. The van der Waals surface area contributed by atoms with Crippen LogP contribution in [0, 0.1) is 47.2 Å². The Bertz CT molecular complexity index is 2200. The summed E-state index contributed by atoms with van der Waals surface area (Å²) in [6.45, 7) is 3.24. The number of carbonyl (C=O) groups is 1. The number of nitrogens with zero attached hydrogens (tertiary/aromatic N) is 6. The van der Waals surface area contributed by atoms with Gasteiger partial charge in [-0.15, -0.1) is 11.3 Å². The number of nitrogens with one attached hydrogen (secondary N) is 1. The number of thiazole rings is 1. The zero-order valence-electron chi connectivity index (χ0n) is 25.4. The van der Waals surface area contributed by atoms with Crippen LogP contribution in [0.25, 0.3) is 32.9 Å². The van der Waals surface area contributed by atoms with Crippen molar-refractivity contribution < 1.29 is 9.18 Å². The van der Waals surface area contributed by atoms with Gasteiger partial charge in [0, 0.05) is 70.0 Å². The number of amides is 1. The maximum Gasteiger partial charge on any atom is 0.226 e. The van der Waals surface area contributed by atoms with Crippen LogP contribution in [0.15, 0.2) is 35.7 Å². The van der Waals surface area contributed by atoms with Crippen molar-refractivity contribution in [2.45, 2.75) is 51.1 Å². The molecule has 2 aliphatic heterocycles. The van der Waals surface area contributed by atoms with Gasteiger partial charge in [-0.25, -0.2) is 14.4 Å². The molecule has 1 aliphatic carbocycles. The topological polar surface area (TPSA) is 113 Å². The quantitative estimate of drug-likeness (QED) is 0.193. The summed E-state index contributed by atoms with van der Waals surface area (Å²) >= 11 is 14.4. The molecule has 5 aromatic rings. The molecule has 1 amide bonds. The first-order valence-corrected chi connectivity index (χ1v) is 17.3. The lowest BCUT2D eigenvalue weighted by molar-refractivity contribution is -0.135. The fourth-order valence-corrected chi connectivity index (χ4v) is 8.77. The predicted molar refractivity (Wildman–Crippen MR) is 181 cm³/mol. The molecule has 3 aliphatic rings. The molecule has 236 valence electrons. The summed E-state index contributed by atoms with van der Waals surface area (Å²) in [7, 11) is 0. The molecule has 2 bridgehead atoms. The number of piperidine rings is 1. The number of hydrogen-bond acceptors (Lipinski definition) is 7. The number of aromatic nitrogens is 3. The van der Waals surface area contributed by atoms with E-state index in [1.807, 2.05) is 13.0 Å². The fourth-order valence-electron chi connectivity index (χ4n) is 7.60. The van der Waals surface area contributed by atoms with Crippen LogP contribution in [0.5, 0.6) is 0 Å². The van der Waals surface area contributed by atoms with Crippen LogP contribution in [0.3, 0.4) is 0 Å². The van der Waals surface area contributed by atoms with E-state index in [0.717, 1.165) is 41.0 Å². The van der Waals surface area contributed by atoms with Crippen LogP contribution in [0.4, 0.5) is 9.52 Å². The second kappa shape index (κ2) is 11.5. The first kappa shape index (κ1) is 30.1. The minimum absolute atomic E-state index is 0.0173. The summed E-state index contributed by atoms with van der Waals surface area (Å²) in [5.74, 6) is -0.137. The van der Waals surface area contributed by atoms with Gasteiger partial charge in [0.25, 0.3) is 0 Å². The zero-order chi connectivity index (χ0) is 32.6. The van der Waals surface area contributed by atoms with Gasteiger partial charge in [0.2, 0.25) is 5.91 Å². The number of halogens is 3. The third-order valence-corrected chi connectivity index (χ3v) is 11.5. The van der Waals surface area contributed by atoms with E-state index in [-0.39, 0.29) is 46.8 Å². The number of fused-ring (bicyclic) bond motifs is 5. The average Bonchev–Trinajstić information content (AvgIpc) is 3.52. The molecule has 0 radical (unpaired) electrons. The summed E-state index contributed by atoms with van der Waals surface area (Å²) in [5.41, 5.74) is 4.31.